The Hall–Kier alpha value is -2.63. The molecule has 0 saturated carbocycles. The van der Waals surface area contributed by atoms with Crippen LogP contribution in [0.25, 0.3) is 33.3 Å². The summed E-state index contributed by atoms with van der Waals surface area (Å²) in [5.41, 5.74) is 4.90. The Kier molecular flexibility index (Phi) is 4.63. The molecule has 2 aromatic heterocycles. The van der Waals surface area contributed by atoms with E-state index in [0.29, 0.717) is 10.9 Å². The number of hydrogen-bond acceptors (Lipinski definition) is 4. The van der Waals surface area contributed by atoms with Gasteiger partial charge in [0.15, 0.2) is 0 Å². The molecule has 3 N–H and O–H groups in total. The molecule has 1 aliphatic rings. The summed E-state index contributed by atoms with van der Waals surface area (Å²) >= 11 is 6.31. The molecule has 1 saturated heterocycles. The molecule has 5 rings (SSSR count). The summed E-state index contributed by atoms with van der Waals surface area (Å²) in [6, 6.07) is 13.9. The van der Waals surface area contributed by atoms with E-state index in [1.54, 1.807) is 0 Å². The van der Waals surface area contributed by atoms with E-state index in [9.17, 15) is 0 Å². The minimum absolute atomic E-state index is 0.611. The lowest BCUT2D eigenvalue weighted by Crippen LogP contribution is -2.33. The van der Waals surface area contributed by atoms with Crippen LogP contribution in [-0.2, 0) is 0 Å². The first-order chi connectivity index (χ1) is 13.8. The van der Waals surface area contributed by atoms with Gasteiger partial charge in [0, 0.05) is 23.2 Å². The lowest BCUT2D eigenvalue weighted by Gasteiger charge is -2.24. The molecule has 4 aromatic rings. The van der Waals surface area contributed by atoms with Crippen LogP contribution < -0.4 is 10.6 Å². The summed E-state index contributed by atoms with van der Waals surface area (Å²) in [4.78, 5) is 12.9. The van der Waals surface area contributed by atoms with Gasteiger partial charge in [0.05, 0.1) is 27.8 Å². The number of fused-ring (bicyclic) bond motifs is 2. The maximum atomic E-state index is 6.31. The smallest absolute Gasteiger partial charge is 0.142 e. The van der Waals surface area contributed by atoms with Crippen LogP contribution in [0.2, 0.25) is 5.02 Å². The van der Waals surface area contributed by atoms with Crippen molar-refractivity contribution in [3.8, 4) is 11.4 Å². The van der Waals surface area contributed by atoms with E-state index in [1.807, 2.05) is 48.7 Å². The lowest BCUT2D eigenvalue weighted by atomic mass is 9.99. The number of benzene rings is 2. The van der Waals surface area contributed by atoms with Crippen molar-refractivity contribution in [2.45, 2.75) is 12.8 Å². The van der Waals surface area contributed by atoms with Gasteiger partial charge in [-0.3, -0.25) is 4.98 Å². The number of hydrogen-bond donors (Lipinski definition) is 3. The molecular formula is C22H22ClN5. The molecule has 1 atom stereocenters. The van der Waals surface area contributed by atoms with Gasteiger partial charge in [0.1, 0.15) is 5.82 Å². The van der Waals surface area contributed by atoms with Crippen LogP contribution >= 0.6 is 11.6 Å². The first kappa shape index (κ1) is 17.5. The van der Waals surface area contributed by atoms with Crippen LogP contribution in [0, 0.1) is 5.92 Å². The van der Waals surface area contributed by atoms with Gasteiger partial charge in [-0.1, -0.05) is 23.7 Å². The Labute approximate surface area is 168 Å². The number of nitrogens with zero attached hydrogens (tertiary/aromatic N) is 2. The maximum Gasteiger partial charge on any atom is 0.142 e. The third kappa shape index (κ3) is 3.32. The summed E-state index contributed by atoms with van der Waals surface area (Å²) in [5, 5.41) is 8.92. The van der Waals surface area contributed by atoms with Gasteiger partial charge in [-0.05, 0) is 62.2 Å². The van der Waals surface area contributed by atoms with E-state index >= 15 is 0 Å². The zero-order valence-electron chi connectivity index (χ0n) is 15.5. The van der Waals surface area contributed by atoms with Crippen molar-refractivity contribution in [2.75, 3.05) is 25.0 Å². The molecular weight excluding hydrogens is 370 g/mol. The lowest BCUT2D eigenvalue weighted by molar-refractivity contribution is 0.393. The van der Waals surface area contributed by atoms with Crippen molar-refractivity contribution in [1.82, 2.24) is 20.3 Å². The zero-order valence-corrected chi connectivity index (χ0v) is 16.3. The van der Waals surface area contributed by atoms with Crippen molar-refractivity contribution < 1.29 is 0 Å². The Balaban J connectivity index is 1.60. The van der Waals surface area contributed by atoms with Crippen LogP contribution in [0.3, 0.4) is 0 Å². The van der Waals surface area contributed by atoms with Gasteiger partial charge in [0.25, 0.3) is 0 Å². The molecule has 0 bridgehead atoms. The van der Waals surface area contributed by atoms with Crippen molar-refractivity contribution in [1.29, 1.82) is 0 Å². The van der Waals surface area contributed by atoms with E-state index in [4.69, 9.17) is 16.6 Å². The number of nitrogens with one attached hydrogen (secondary N) is 3. The molecule has 1 fully saturated rings. The van der Waals surface area contributed by atoms with Crippen LogP contribution in [0.5, 0.6) is 0 Å². The van der Waals surface area contributed by atoms with Crippen molar-refractivity contribution in [3.05, 3.63) is 53.7 Å². The second kappa shape index (κ2) is 7.41. The summed E-state index contributed by atoms with van der Waals surface area (Å²) in [6.45, 7) is 3.08. The quantitative estimate of drug-likeness (QED) is 0.465. The number of aromatic amines is 1. The molecule has 1 unspecified atom stereocenters. The molecule has 3 heterocycles. The Morgan fingerprint density at radius 3 is 2.93 bits per heavy atom. The molecule has 142 valence electrons. The fourth-order valence-corrected chi connectivity index (χ4v) is 4.13. The fourth-order valence-electron chi connectivity index (χ4n) is 3.96. The van der Waals surface area contributed by atoms with Crippen molar-refractivity contribution in [2.24, 2.45) is 5.92 Å². The minimum atomic E-state index is 0.611. The van der Waals surface area contributed by atoms with Gasteiger partial charge in [0.2, 0.25) is 0 Å². The number of rotatable bonds is 4. The van der Waals surface area contributed by atoms with Crippen LogP contribution in [0.4, 0.5) is 5.69 Å². The molecule has 6 heteroatoms. The fraction of sp³-hybridized carbons (Fsp3) is 0.273. The van der Waals surface area contributed by atoms with E-state index in [1.165, 1.54) is 12.8 Å². The highest BCUT2D eigenvalue weighted by Crippen LogP contribution is 2.34. The maximum absolute atomic E-state index is 6.31. The van der Waals surface area contributed by atoms with Crippen molar-refractivity contribution >= 4 is 39.2 Å². The zero-order chi connectivity index (χ0) is 18.9. The van der Waals surface area contributed by atoms with Crippen LogP contribution in [0.15, 0.2) is 48.7 Å². The average Bonchev–Trinajstić information content (AvgIpc) is 3.16. The number of aromatic nitrogens is 3. The van der Waals surface area contributed by atoms with E-state index < -0.39 is 0 Å². The summed E-state index contributed by atoms with van der Waals surface area (Å²) < 4.78 is 0. The molecule has 28 heavy (non-hydrogen) atoms. The number of piperidine rings is 1. The van der Waals surface area contributed by atoms with E-state index in [-0.39, 0.29) is 0 Å². The first-order valence-electron chi connectivity index (χ1n) is 9.76. The number of anilines is 1. The average molecular weight is 392 g/mol. The molecule has 2 aromatic carbocycles. The van der Waals surface area contributed by atoms with Gasteiger partial charge in [-0.15, -0.1) is 0 Å². The molecule has 0 radical (unpaired) electrons. The van der Waals surface area contributed by atoms with Gasteiger partial charge in [-0.2, -0.15) is 0 Å². The molecule has 1 aliphatic heterocycles. The SMILES string of the molecule is Clc1ccc2ncc(-c3nc4ccccc4[nH]3)c(NCC3CCCNC3)c2c1. The predicted octanol–water partition coefficient (Wildman–Crippen LogP) is 4.84. The summed E-state index contributed by atoms with van der Waals surface area (Å²) in [6.07, 6.45) is 4.37. The number of H-pyrrole nitrogens is 1. The summed E-state index contributed by atoms with van der Waals surface area (Å²) in [7, 11) is 0. The largest absolute Gasteiger partial charge is 0.384 e. The molecule has 0 aliphatic carbocycles. The van der Waals surface area contributed by atoms with Crippen molar-refractivity contribution in [3.63, 3.8) is 0 Å². The highest BCUT2D eigenvalue weighted by molar-refractivity contribution is 6.31. The number of imidazole rings is 1. The summed E-state index contributed by atoms with van der Waals surface area (Å²) in [5.74, 6) is 1.43. The van der Waals surface area contributed by atoms with E-state index in [2.05, 4.69) is 20.6 Å². The first-order valence-corrected chi connectivity index (χ1v) is 10.1. The molecule has 5 nitrogen and oxygen atoms in total. The second-order valence-corrected chi connectivity index (χ2v) is 7.84. The number of pyridine rings is 1. The minimum Gasteiger partial charge on any atom is -0.384 e. The van der Waals surface area contributed by atoms with Crippen LogP contribution in [0.1, 0.15) is 12.8 Å². The highest BCUT2D eigenvalue weighted by atomic mass is 35.5. The van der Waals surface area contributed by atoms with Gasteiger partial charge in [-0.25, -0.2) is 4.98 Å². The molecule has 0 spiro atoms. The topological polar surface area (TPSA) is 65.6 Å². The Bertz CT molecular complexity index is 1100. The van der Waals surface area contributed by atoms with E-state index in [0.717, 1.165) is 58.6 Å². The number of para-hydroxylation sites is 2. The monoisotopic (exact) mass is 391 g/mol. The highest BCUT2D eigenvalue weighted by Gasteiger charge is 2.17. The van der Waals surface area contributed by atoms with Crippen LogP contribution in [-0.4, -0.2) is 34.6 Å². The third-order valence-electron chi connectivity index (χ3n) is 5.44. The predicted molar refractivity (Wildman–Crippen MR) is 116 cm³/mol. The van der Waals surface area contributed by atoms with Gasteiger partial charge < -0.3 is 15.6 Å². The standard InChI is InChI=1S/C22H22ClN5/c23-15-7-8-18-16(10-15)21(26-12-14-4-3-9-24-11-14)17(13-25-18)22-27-19-5-1-2-6-20(19)28-22/h1-2,5-8,10,13-14,24H,3-4,9,11-12H2,(H,25,26)(H,27,28). The second-order valence-electron chi connectivity index (χ2n) is 7.40. The molecule has 0 amide bonds. The third-order valence-corrected chi connectivity index (χ3v) is 5.68. The number of halogens is 1. The Morgan fingerprint density at radius 1 is 1.14 bits per heavy atom. The normalized spacial score (nSPS) is 17.2. The van der Waals surface area contributed by atoms with Gasteiger partial charge >= 0.3 is 0 Å². The Morgan fingerprint density at radius 2 is 2.07 bits per heavy atom.